The third kappa shape index (κ3) is 5.53. The summed E-state index contributed by atoms with van der Waals surface area (Å²) in [5.74, 6) is 0.727. The van der Waals surface area contributed by atoms with Crippen molar-refractivity contribution in [1.29, 1.82) is 0 Å². The van der Waals surface area contributed by atoms with Gasteiger partial charge in [0.15, 0.2) is 0 Å². The first-order valence-electron chi connectivity index (χ1n) is 6.17. The van der Waals surface area contributed by atoms with Crippen LogP contribution < -0.4 is 5.32 Å². The van der Waals surface area contributed by atoms with Crippen LogP contribution in [0.4, 0.5) is 0 Å². The van der Waals surface area contributed by atoms with Gasteiger partial charge in [0.1, 0.15) is 0 Å². The summed E-state index contributed by atoms with van der Waals surface area (Å²) < 4.78 is 0. The van der Waals surface area contributed by atoms with Gasteiger partial charge in [0.25, 0.3) is 0 Å². The van der Waals surface area contributed by atoms with Crippen LogP contribution in [0.25, 0.3) is 0 Å². The van der Waals surface area contributed by atoms with E-state index in [-0.39, 0.29) is 0 Å². The van der Waals surface area contributed by atoms with Crippen LogP contribution >= 0.6 is 11.6 Å². The summed E-state index contributed by atoms with van der Waals surface area (Å²) in [6.07, 6.45) is 3.60. The van der Waals surface area contributed by atoms with Crippen LogP contribution in [0.1, 0.15) is 32.3 Å². The number of benzene rings is 1. The van der Waals surface area contributed by atoms with Gasteiger partial charge < -0.3 is 5.32 Å². The summed E-state index contributed by atoms with van der Waals surface area (Å²) in [5.41, 5.74) is 1.38. The number of hydrogen-bond acceptors (Lipinski definition) is 1. The molecule has 1 N–H and O–H groups in total. The molecule has 16 heavy (non-hydrogen) atoms. The van der Waals surface area contributed by atoms with Gasteiger partial charge in [0.2, 0.25) is 0 Å². The molecule has 90 valence electrons. The average Bonchev–Trinajstić information content (AvgIpc) is 2.28. The Balaban J connectivity index is 2.23. The highest BCUT2D eigenvalue weighted by molar-refractivity contribution is 6.30. The second-order valence-electron chi connectivity index (χ2n) is 4.47. The minimum atomic E-state index is 0.727. The summed E-state index contributed by atoms with van der Waals surface area (Å²) in [4.78, 5) is 0. The third-order valence-electron chi connectivity index (χ3n) is 2.74. The topological polar surface area (TPSA) is 12.0 Å². The smallest absolute Gasteiger partial charge is 0.0406 e. The molecule has 0 heterocycles. The lowest BCUT2D eigenvalue weighted by Crippen LogP contribution is -2.18. The van der Waals surface area contributed by atoms with Gasteiger partial charge in [0, 0.05) is 5.02 Å². The zero-order valence-corrected chi connectivity index (χ0v) is 11.1. The van der Waals surface area contributed by atoms with Crippen LogP contribution in [0.5, 0.6) is 0 Å². The lowest BCUT2D eigenvalue weighted by molar-refractivity contribution is 0.498. The minimum absolute atomic E-state index is 0.727. The summed E-state index contributed by atoms with van der Waals surface area (Å²) >= 11 is 5.86. The second-order valence-corrected chi connectivity index (χ2v) is 4.91. The van der Waals surface area contributed by atoms with Gasteiger partial charge in [-0.25, -0.2) is 0 Å². The van der Waals surface area contributed by atoms with Gasteiger partial charge in [-0.2, -0.15) is 0 Å². The molecule has 0 aliphatic carbocycles. The van der Waals surface area contributed by atoms with Crippen molar-refractivity contribution in [1.82, 2.24) is 5.32 Å². The molecule has 0 radical (unpaired) electrons. The molecule has 1 atom stereocenters. The zero-order valence-electron chi connectivity index (χ0n) is 10.3. The van der Waals surface area contributed by atoms with E-state index in [2.05, 4.69) is 31.3 Å². The molecular weight excluding hydrogens is 218 g/mol. The second kappa shape index (κ2) is 7.70. The predicted octanol–water partition coefficient (Wildman–Crippen LogP) is 3.91. The Bertz CT molecular complexity index is 281. The van der Waals surface area contributed by atoms with Crippen molar-refractivity contribution < 1.29 is 0 Å². The molecule has 1 unspecified atom stereocenters. The largest absolute Gasteiger partial charge is 0.317 e. The summed E-state index contributed by atoms with van der Waals surface area (Å²) in [6.45, 7) is 6.77. The molecular formula is C14H22ClN. The monoisotopic (exact) mass is 239 g/mol. The molecule has 1 nitrogen and oxygen atoms in total. The van der Waals surface area contributed by atoms with E-state index >= 15 is 0 Å². The quantitative estimate of drug-likeness (QED) is 0.712. The molecule has 2 heteroatoms. The first kappa shape index (κ1) is 13.5. The molecule has 0 amide bonds. The van der Waals surface area contributed by atoms with Crippen LogP contribution in [0.2, 0.25) is 5.02 Å². The van der Waals surface area contributed by atoms with Crippen molar-refractivity contribution in [2.45, 2.75) is 33.1 Å². The van der Waals surface area contributed by atoms with Crippen molar-refractivity contribution in [3.8, 4) is 0 Å². The lowest BCUT2D eigenvalue weighted by Gasteiger charge is -2.11. The Hall–Kier alpha value is -0.530. The summed E-state index contributed by atoms with van der Waals surface area (Å²) in [7, 11) is 0. The van der Waals surface area contributed by atoms with E-state index in [0.29, 0.717) is 0 Å². The molecule has 1 aromatic rings. The maximum atomic E-state index is 5.86. The van der Waals surface area contributed by atoms with Gasteiger partial charge in [-0.1, -0.05) is 37.6 Å². The van der Waals surface area contributed by atoms with Crippen LogP contribution in [0, 0.1) is 5.92 Å². The van der Waals surface area contributed by atoms with Crippen molar-refractivity contribution in [3.05, 3.63) is 34.9 Å². The molecule has 1 rings (SSSR count). The Morgan fingerprint density at radius 3 is 2.50 bits per heavy atom. The van der Waals surface area contributed by atoms with E-state index in [9.17, 15) is 0 Å². The van der Waals surface area contributed by atoms with Crippen molar-refractivity contribution >= 4 is 11.6 Å². The number of nitrogens with one attached hydrogen (secondary N) is 1. The van der Waals surface area contributed by atoms with Gasteiger partial charge in [-0.3, -0.25) is 0 Å². The van der Waals surface area contributed by atoms with Gasteiger partial charge in [-0.15, -0.1) is 0 Å². The van der Waals surface area contributed by atoms with E-state index < -0.39 is 0 Å². The van der Waals surface area contributed by atoms with E-state index in [4.69, 9.17) is 11.6 Å². The molecule has 0 spiro atoms. The van der Waals surface area contributed by atoms with Crippen LogP contribution in [-0.4, -0.2) is 13.1 Å². The van der Waals surface area contributed by atoms with Gasteiger partial charge in [-0.05, 0) is 56.0 Å². The third-order valence-corrected chi connectivity index (χ3v) is 2.99. The summed E-state index contributed by atoms with van der Waals surface area (Å²) in [5, 5.41) is 4.26. The Labute approximate surface area is 104 Å². The highest BCUT2D eigenvalue weighted by Crippen LogP contribution is 2.14. The zero-order chi connectivity index (χ0) is 11.8. The molecule has 0 aliphatic heterocycles. The Morgan fingerprint density at radius 2 is 1.88 bits per heavy atom. The fourth-order valence-electron chi connectivity index (χ4n) is 1.78. The van der Waals surface area contributed by atoms with Crippen molar-refractivity contribution in [3.63, 3.8) is 0 Å². The van der Waals surface area contributed by atoms with E-state index in [1.54, 1.807) is 0 Å². The number of hydrogen-bond donors (Lipinski definition) is 1. The Morgan fingerprint density at radius 1 is 1.19 bits per heavy atom. The summed E-state index contributed by atoms with van der Waals surface area (Å²) in [6, 6.07) is 8.19. The highest BCUT2D eigenvalue weighted by atomic mass is 35.5. The molecule has 0 fully saturated rings. The minimum Gasteiger partial charge on any atom is -0.317 e. The van der Waals surface area contributed by atoms with Crippen molar-refractivity contribution in [2.75, 3.05) is 13.1 Å². The lowest BCUT2D eigenvalue weighted by atomic mass is 9.98. The standard InChI is InChI=1S/C14H22ClN/c1-3-9-16-10-8-12(2)11-13-4-6-14(15)7-5-13/h4-7,12,16H,3,8-11H2,1-2H3. The van der Waals surface area contributed by atoms with E-state index in [0.717, 1.165) is 30.5 Å². The van der Waals surface area contributed by atoms with Gasteiger partial charge >= 0.3 is 0 Å². The normalized spacial score (nSPS) is 12.7. The van der Waals surface area contributed by atoms with Crippen LogP contribution in [0.15, 0.2) is 24.3 Å². The fourth-order valence-corrected chi connectivity index (χ4v) is 1.90. The molecule has 0 aromatic heterocycles. The number of rotatable bonds is 7. The maximum Gasteiger partial charge on any atom is 0.0406 e. The maximum absolute atomic E-state index is 5.86. The fraction of sp³-hybridized carbons (Fsp3) is 0.571. The molecule has 1 aromatic carbocycles. The highest BCUT2D eigenvalue weighted by Gasteiger charge is 2.03. The van der Waals surface area contributed by atoms with Gasteiger partial charge in [0.05, 0.1) is 0 Å². The predicted molar refractivity (Wildman–Crippen MR) is 72.1 cm³/mol. The van der Waals surface area contributed by atoms with Crippen LogP contribution in [-0.2, 0) is 6.42 Å². The van der Waals surface area contributed by atoms with Crippen molar-refractivity contribution in [2.24, 2.45) is 5.92 Å². The first-order chi connectivity index (χ1) is 7.72. The average molecular weight is 240 g/mol. The molecule has 0 aliphatic rings. The Kier molecular flexibility index (Phi) is 6.51. The molecule has 0 bridgehead atoms. The number of halogens is 1. The van der Waals surface area contributed by atoms with E-state index in [1.165, 1.54) is 18.4 Å². The first-order valence-corrected chi connectivity index (χ1v) is 6.55. The SMILES string of the molecule is CCCNCCC(C)Cc1ccc(Cl)cc1. The molecule has 0 saturated heterocycles. The van der Waals surface area contributed by atoms with E-state index in [1.807, 2.05) is 12.1 Å². The molecule has 0 saturated carbocycles. The van der Waals surface area contributed by atoms with Crippen LogP contribution in [0.3, 0.4) is 0 Å².